The molecule has 0 aliphatic carbocycles. The Hall–Kier alpha value is -1.84. The van der Waals surface area contributed by atoms with Crippen molar-refractivity contribution in [2.24, 2.45) is 0 Å². The molecule has 84 valence electrons. The summed E-state index contributed by atoms with van der Waals surface area (Å²) in [5, 5.41) is 7.66. The maximum absolute atomic E-state index is 5.45. The lowest BCUT2D eigenvalue weighted by atomic mass is 9.82. The van der Waals surface area contributed by atoms with Gasteiger partial charge in [-0.2, -0.15) is 0 Å². The third-order valence-electron chi connectivity index (χ3n) is 2.79. The molecule has 0 saturated heterocycles. The second-order valence-corrected chi connectivity index (χ2v) is 4.39. The fourth-order valence-electron chi connectivity index (χ4n) is 1.88. The zero-order valence-corrected chi connectivity index (χ0v) is 9.69. The maximum atomic E-state index is 5.45. The van der Waals surface area contributed by atoms with Crippen molar-refractivity contribution in [1.82, 2.24) is 10.2 Å². The van der Waals surface area contributed by atoms with Crippen LogP contribution in [0.15, 0.2) is 28.7 Å². The van der Waals surface area contributed by atoms with Gasteiger partial charge in [-0.25, -0.2) is 0 Å². The highest BCUT2D eigenvalue weighted by molar-refractivity contribution is 5.36. The van der Waals surface area contributed by atoms with Crippen LogP contribution in [-0.4, -0.2) is 10.2 Å². The van der Waals surface area contributed by atoms with Crippen LogP contribution in [0.4, 0.5) is 6.01 Å². The minimum absolute atomic E-state index is 0.108. The molecule has 1 aromatic carbocycles. The molecule has 0 atom stereocenters. The second kappa shape index (κ2) is 3.63. The lowest BCUT2D eigenvalue weighted by Gasteiger charge is -2.22. The van der Waals surface area contributed by atoms with Crippen molar-refractivity contribution in [2.75, 3.05) is 5.73 Å². The van der Waals surface area contributed by atoms with Crippen molar-refractivity contribution in [3.63, 3.8) is 0 Å². The summed E-state index contributed by atoms with van der Waals surface area (Å²) < 4.78 is 5.31. The van der Waals surface area contributed by atoms with Gasteiger partial charge in [-0.1, -0.05) is 29.4 Å². The Morgan fingerprint density at radius 1 is 1.19 bits per heavy atom. The van der Waals surface area contributed by atoms with Gasteiger partial charge in [-0.15, -0.1) is 5.10 Å². The molecule has 0 fully saturated rings. The Bertz CT molecular complexity index is 502. The smallest absolute Gasteiger partial charge is 0.312 e. The van der Waals surface area contributed by atoms with Crippen LogP contribution in [0.5, 0.6) is 0 Å². The third-order valence-corrected chi connectivity index (χ3v) is 2.79. The first-order valence-electron chi connectivity index (χ1n) is 5.17. The van der Waals surface area contributed by atoms with Crippen LogP contribution in [0.2, 0.25) is 0 Å². The Morgan fingerprint density at radius 2 is 1.88 bits per heavy atom. The van der Waals surface area contributed by atoms with Crippen LogP contribution in [0, 0.1) is 6.92 Å². The highest BCUT2D eigenvalue weighted by Crippen LogP contribution is 2.32. The first kappa shape index (κ1) is 10.7. The van der Waals surface area contributed by atoms with E-state index in [1.807, 2.05) is 26.0 Å². The van der Waals surface area contributed by atoms with Crippen molar-refractivity contribution in [2.45, 2.75) is 26.2 Å². The number of hydrogen-bond acceptors (Lipinski definition) is 4. The molecule has 0 radical (unpaired) electrons. The normalized spacial score (nSPS) is 11.7. The van der Waals surface area contributed by atoms with Crippen molar-refractivity contribution < 1.29 is 4.42 Å². The fourth-order valence-corrected chi connectivity index (χ4v) is 1.88. The predicted octanol–water partition coefficient (Wildman–Crippen LogP) is 2.29. The van der Waals surface area contributed by atoms with Gasteiger partial charge in [0.15, 0.2) is 0 Å². The Kier molecular flexibility index (Phi) is 2.42. The van der Waals surface area contributed by atoms with E-state index in [0.717, 1.165) is 0 Å². The van der Waals surface area contributed by atoms with Gasteiger partial charge in [-0.05, 0) is 31.9 Å². The molecule has 2 N–H and O–H groups in total. The minimum atomic E-state index is -0.323. The molecule has 1 heterocycles. The van der Waals surface area contributed by atoms with E-state index in [0.29, 0.717) is 5.89 Å². The third kappa shape index (κ3) is 1.66. The number of nitrogens with two attached hydrogens (primary N) is 1. The maximum Gasteiger partial charge on any atom is 0.312 e. The summed E-state index contributed by atoms with van der Waals surface area (Å²) in [6.07, 6.45) is 0. The summed E-state index contributed by atoms with van der Waals surface area (Å²) in [6.45, 7) is 6.15. The van der Waals surface area contributed by atoms with Gasteiger partial charge in [0, 0.05) is 0 Å². The average molecular weight is 217 g/mol. The molecule has 0 aliphatic rings. The van der Waals surface area contributed by atoms with E-state index in [4.69, 9.17) is 10.2 Å². The van der Waals surface area contributed by atoms with Crippen LogP contribution < -0.4 is 5.73 Å². The highest BCUT2D eigenvalue weighted by Gasteiger charge is 2.30. The van der Waals surface area contributed by atoms with E-state index in [-0.39, 0.29) is 11.4 Å². The summed E-state index contributed by atoms with van der Waals surface area (Å²) in [5.74, 6) is 0.541. The number of aromatic nitrogens is 2. The number of hydrogen-bond donors (Lipinski definition) is 1. The summed E-state index contributed by atoms with van der Waals surface area (Å²) in [6, 6.07) is 8.25. The van der Waals surface area contributed by atoms with Crippen LogP contribution in [-0.2, 0) is 5.41 Å². The zero-order valence-electron chi connectivity index (χ0n) is 9.69. The molecule has 0 amide bonds. The Morgan fingerprint density at radius 3 is 2.44 bits per heavy atom. The van der Waals surface area contributed by atoms with Gasteiger partial charge in [-0.3, -0.25) is 0 Å². The van der Waals surface area contributed by atoms with Crippen LogP contribution >= 0.6 is 0 Å². The molecule has 0 aliphatic heterocycles. The number of nitrogens with zero attached hydrogens (tertiary/aromatic N) is 2. The van der Waals surface area contributed by atoms with Gasteiger partial charge >= 0.3 is 6.01 Å². The molecule has 16 heavy (non-hydrogen) atoms. The largest absolute Gasteiger partial charge is 0.407 e. The summed E-state index contributed by atoms with van der Waals surface area (Å²) in [7, 11) is 0. The topological polar surface area (TPSA) is 64.9 Å². The Labute approximate surface area is 94.5 Å². The van der Waals surface area contributed by atoms with Gasteiger partial charge in [0.1, 0.15) is 0 Å². The van der Waals surface area contributed by atoms with E-state index in [9.17, 15) is 0 Å². The predicted molar refractivity (Wildman–Crippen MR) is 62.0 cm³/mol. The molecule has 0 unspecified atom stereocenters. The van der Waals surface area contributed by atoms with Crippen molar-refractivity contribution in [3.05, 3.63) is 41.3 Å². The summed E-state index contributed by atoms with van der Waals surface area (Å²) >= 11 is 0. The van der Waals surface area contributed by atoms with Gasteiger partial charge < -0.3 is 10.2 Å². The van der Waals surface area contributed by atoms with Crippen molar-refractivity contribution >= 4 is 6.01 Å². The van der Waals surface area contributed by atoms with Gasteiger partial charge in [0.2, 0.25) is 5.89 Å². The lowest BCUT2D eigenvalue weighted by Crippen LogP contribution is -2.20. The summed E-state index contributed by atoms with van der Waals surface area (Å²) in [4.78, 5) is 0. The molecule has 4 nitrogen and oxygen atoms in total. The van der Waals surface area contributed by atoms with Crippen molar-refractivity contribution in [1.29, 1.82) is 0 Å². The molecule has 2 aromatic rings. The molecular weight excluding hydrogens is 202 g/mol. The minimum Gasteiger partial charge on any atom is -0.407 e. The molecule has 1 aromatic heterocycles. The average Bonchev–Trinajstić information content (AvgIpc) is 2.66. The van der Waals surface area contributed by atoms with E-state index in [2.05, 4.69) is 29.3 Å². The standard InChI is InChI=1S/C12H15N3O/c1-8-6-4-5-7-9(8)12(2,3)10-14-15-11(13)16-10/h4-7H,1-3H3,(H2,13,15). The fraction of sp³-hybridized carbons (Fsp3) is 0.333. The molecular formula is C12H15N3O. The molecule has 0 saturated carbocycles. The van der Waals surface area contributed by atoms with Crippen LogP contribution in [0.25, 0.3) is 0 Å². The first-order valence-corrected chi connectivity index (χ1v) is 5.17. The van der Waals surface area contributed by atoms with Gasteiger partial charge in [0.25, 0.3) is 0 Å². The summed E-state index contributed by atoms with van der Waals surface area (Å²) in [5.41, 5.74) is 7.49. The number of rotatable bonds is 2. The zero-order chi connectivity index (χ0) is 11.8. The van der Waals surface area contributed by atoms with Crippen LogP contribution in [0.1, 0.15) is 30.9 Å². The number of anilines is 1. The number of aryl methyl sites for hydroxylation is 1. The highest BCUT2D eigenvalue weighted by atomic mass is 16.4. The second-order valence-electron chi connectivity index (χ2n) is 4.39. The molecule has 2 rings (SSSR count). The first-order chi connectivity index (χ1) is 7.51. The van der Waals surface area contributed by atoms with E-state index in [1.165, 1.54) is 11.1 Å². The molecule has 4 heteroatoms. The van der Waals surface area contributed by atoms with Crippen molar-refractivity contribution in [3.8, 4) is 0 Å². The molecule has 0 bridgehead atoms. The van der Waals surface area contributed by atoms with E-state index < -0.39 is 0 Å². The van der Waals surface area contributed by atoms with E-state index in [1.54, 1.807) is 0 Å². The quantitative estimate of drug-likeness (QED) is 0.838. The monoisotopic (exact) mass is 217 g/mol. The number of benzene rings is 1. The lowest BCUT2D eigenvalue weighted by molar-refractivity contribution is 0.421. The Balaban J connectivity index is 2.50. The number of nitrogen functional groups attached to an aromatic ring is 1. The van der Waals surface area contributed by atoms with E-state index >= 15 is 0 Å². The van der Waals surface area contributed by atoms with Crippen LogP contribution in [0.3, 0.4) is 0 Å². The van der Waals surface area contributed by atoms with Gasteiger partial charge in [0.05, 0.1) is 5.41 Å². The SMILES string of the molecule is Cc1ccccc1C(C)(C)c1nnc(N)o1. The molecule has 0 spiro atoms.